The fourth-order valence-electron chi connectivity index (χ4n) is 2.06. The molecule has 0 aliphatic heterocycles. The minimum absolute atomic E-state index is 0.0917. The van der Waals surface area contributed by atoms with Crippen LogP contribution in [0.5, 0.6) is 0 Å². The Morgan fingerprint density at radius 1 is 1.30 bits per heavy atom. The van der Waals surface area contributed by atoms with E-state index < -0.39 is 9.84 Å². The highest BCUT2D eigenvalue weighted by molar-refractivity contribution is 7.90. The summed E-state index contributed by atoms with van der Waals surface area (Å²) in [7, 11) is -2.99. The van der Waals surface area contributed by atoms with Gasteiger partial charge >= 0.3 is 0 Å². The standard InChI is InChI=1S/C14H19N3O2S/c1-20(18,19)8-7-17-11-16-10-14(17)13(15)9-12-5-3-2-4-6-12/h2-6,10-11,13H,7-9,15H2,1H3/t13-/m1/s1. The maximum atomic E-state index is 11.2. The molecular formula is C14H19N3O2S. The van der Waals surface area contributed by atoms with Gasteiger partial charge in [0.05, 0.1) is 23.8 Å². The van der Waals surface area contributed by atoms with E-state index in [1.807, 2.05) is 34.9 Å². The average molecular weight is 293 g/mol. The van der Waals surface area contributed by atoms with Crippen LogP contribution in [0.1, 0.15) is 17.3 Å². The van der Waals surface area contributed by atoms with Crippen molar-refractivity contribution in [2.45, 2.75) is 19.0 Å². The molecule has 1 aromatic heterocycles. The SMILES string of the molecule is CS(=O)(=O)CCn1cncc1[C@H](N)Cc1ccccc1. The van der Waals surface area contributed by atoms with Gasteiger partial charge in [-0.25, -0.2) is 13.4 Å². The summed E-state index contributed by atoms with van der Waals surface area (Å²) in [5.74, 6) is 0.0917. The second kappa shape index (κ2) is 6.19. The second-order valence-corrected chi connectivity index (χ2v) is 7.20. The van der Waals surface area contributed by atoms with E-state index in [0.717, 1.165) is 11.3 Å². The minimum atomic E-state index is -2.99. The van der Waals surface area contributed by atoms with Crippen LogP contribution >= 0.6 is 0 Å². The average Bonchev–Trinajstić information content (AvgIpc) is 2.85. The third-order valence-electron chi connectivity index (χ3n) is 3.13. The summed E-state index contributed by atoms with van der Waals surface area (Å²) in [4.78, 5) is 4.07. The topological polar surface area (TPSA) is 78.0 Å². The molecule has 0 saturated heterocycles. The molecule has 20 heavy (non-hydrogen) atoms. The Kier molecular flexibility index (Phi) is 4.57. The van der Waals surface area contributed by atoms with Gasteiger partial charge in [-0.1, -0.05) is 30.3 Å². The summed E-state index contributed by atoms with van der Waals surface area (Å²) in [5, 5.41) is 0. The van der Waals surface area contributed by atoms with Gasteiger partial charge in [0.2, 0.25) is 0 Å². The molecule has 5 nitrogen and oxygen atoms in total. The van der Waals surface area contributed by atoms with Gasteiger partial charge < -0.3 is 10.3 Å². The van der Waals surface area contributed by atoms with Crippen LogP contribution in [-0.4, -0.2) is 30.0 Å². The quantitative estimate of drug-likeness (QED) is 0.867. The minimum Gasteiger partial charge on any atom is -0.332 e. The van der Waals surface area contributed by atoms with Crippen LogP contribution in [0.15, 0.2) is 42.9 Å². The number of imidazole rings is 1. The van der Waals surface area contributed by atoms with Crippen molar-refractivity contribution in [1.82, 2.24) is 9.55 Å². The number of hydrogen-bond acceptors (Lipinski definition) is 4. The lowest BCUT2D eigenvalue weighted by Crippen LogP contribution is -2.20. The van der Waals surface area contributed by atoms with Crippen molar-refractivity contribution in [3.8, 4) is 0 Å². The van der Waals surface area contributed by atoms with Gasteiger partial charge in [-0.15, -0.1) is 0 Å². The van der Waals surface area contributed by atoms with Gasteiger partial charge in [0.15, 0.2) is 0 Å². The van der Waals surface area contributed by atoms with Crippen LogP contribution in [-0.2, 0) is 22.8 Å². The number of aromatic nitrogens is 2. The predicted molar refractivity (Wildman–Crippen MR) is 79.0 cm³/mol. The number of aryl methyl sites for hydroxylation is 1. The molecule has 0 unspecified atom stereocenters. The Hall–Kier alpha value is -1.66. The highest BCUT2D eigenvalue weighted by atomic mass is 32.2. The van der Waals surface area contributed by atoms with Crippen LogP contribution < -0.4 is 5.73 Å². The summed E-state index contributed by atoms with van der Waals surface area (Å²) in [6, 6.07) is 9.77. The zero-order valence-corrected chi connectivity index (χ0v) is 12.3. The third-order valence-corrected chi connectivity index (χ3v) is 4.05. The molecule has 0 radical (unpaired) electrons. The van der Waals surface area contributed by atoms with Gasteiger partial charge in [0.1, 0.15) is 9.84 Å². The van der Waals surface area contributed by atoms with Crippen LogP contribution in [0.2, 0.25) is 0 Å². The maximum absolute atomic E-state index is 11.2. The van der Waals surface area contributed by atoms with E-state index in [2.05, 4.69) is 4.98 Å². The number of nitrogens with two attached hydrogens (primary N) is 1. The Bertz CT molecular complexity index is 650. The van der Waals surface area contributed by atoms with Crippen LogP contribution in [0.25, 0.3) is 0 Å². The number of nitrogens with zero attached hydrogens (tertiary/aromatic N) is 2. The molecule has 0 aliphatic rings. The van der Waals surface area contributed by atoms with E-state index >= 15 is 0 Å². The second-order valence-electron chi connectivity index (χ2n) is 4.94. The summed E-state index contributed by atoms with van der Waals surface area (Å²) in [5.41, 5.74) is 8.21. The van der Waals surface area contributed by atoms with Crippen molar-refractivity contribution in [3.05, 3.63) is 54.1 Å². The summed E-state index contributed by atoms with van der Waals surface area (Å²) < 4.78 is 24.3. The van der Waals surface area contributed by atoms with Crippen molar-refractivity contribution >= 4 is 9.84 Å². The molecule has 0 bridgehead atoms. The lowest BCUT2D eigenvalue weighted by Gasteiger charge is -2.14. The molecule has 1 atom stereocenters. The highest BCUT2D eigenvalue weighted by Crippen LogP contribution is 2.15. The molecule has 0 fully saturated rings. The van der Waals surface area contributed by atoms with Gasteiger partial charge in [-0.3, -0.25) is 0 Å². The van der Waals surface area contributed by atoms with Gasteiger partial charge in [0, 0.05) is 19.0 Å². The Balaban J connectivity index is 2.07. The van der Waals surface area contributed by atoms with E-state index in [9.17, 15) is 8.42 Å². The molecule has 0 saturated carbocycles. The van der Waals surface area contributed by atoms with Crippen LogP contribution in [0, 0.1) is 0 Å². The lowest BCUT2D eigenvalue weighted by atomic mass is 10.0. The van der Waals surface area contributed by atoms with Crippen molar-refractivity contribution in [2.75, 3.05) is 12.0 Å². The fourth-order valence-corrected chi connectivity index (χ4v) is 2.59. The molecule has 6 heteroatoms. The zero-order chi connectivity index (χ0) is 14.6. The van der Waals surface area contributed by atoms with Gasteiger partial charge in [0.25, 0.3) is 0 Å². The summed E-state index contributed by atoms with van der Waals surface area (Å²) in [6.07, 6.45) is 5.26. The Morgan fingerprint density at radius 2 is 2.00 bits per heavy atom. The first-order chi connectivity index (χ1) is 9.46. The zero-order valence-electron chi connectivity index (χ0n) is 11.4. The molecular weight excluding hydrogens is 274 g/mol. The largest absolute Gasteiger partial charge is 0.332 e. The summed E-state index contributed by atoms with van der Waals surface area (Å²) in [6.45, 7) is 0.386. The van der Waals surface area contributed by atoms with Gasteiger partial charge in [-0.2, -0.15) is 0 Å². The summed E-state index contributed by atoms with van der Waals surface area (Å²) >= 11 is 0. The molecule has 108 valence electrons. The van der Waals surface area contributed by atoms with Crippen molar-refractivity contribution in [2.24, 2.45) is 5.73 Å². The smallest absolute Gasteiger partial charge is 0.149 e. The normalized spacial score (nSPS) is 13.3. The lowest BCUT2D eigenvalue weighted by molar-refractivity contribution is 0.584. The van der Waals surface area contributed by atoms with E-state index in [1.54, 1.807) is 12.5 Å². The first kappa shape index (κ1) is 14.7. The van der Waals surface area contributed by atoms with Crippen LogP contribution in [0.4, 0.5) is 0 Å². The van der Waals surface area contributed by atoms with E-state index in [-0.39, 0.29) is 11.8 Å². The molecule has 0 aliphatic carbocycles. The number of hydrogen-bond donors (Lipinski definition) is 1. The number of sulfone groups is 1. The molecule has 2 N–H and O–H groups in total. The van der Waals surface area contributed by atoms with Crippen molar-refractivity contribution < 1.29 is 8.42 Å². The van der Waals surface area contributed by atoms with Crippen LogP contribution in [0.3, 0.4) is 0 Å². The first-order valence-corrected chi connectivity index (χ1v) is 8.49. The first-order valence-electron chi connectivity index (χ1n) is 6.43. The van der Waals surface area contributed by atoms with Crippen molar-refractivity contribution in [3.63, 3.8) is 0 Å². The predicted octanol–water partition coefficient (Wildman–Crippen LogP) is 1.17. The van der Waals surface area contributed by atoms with E-state index in [0.29, 0.717) is 13.0 Å². The number of rotatable bonds is 6. The van der Waals surface area contributed by atoms with E-state index in [1.165, 1.54) is 6.26 Å². The molecule has 1 heterocycles. The number of benzene rings is 1. The maximum Gasteiger partial charge on any atom is 0.149 e. The Morgan fingerprint density at radius 3 is 2.65 bits per heavy atom. The fraction of sp³-hybridized carbons (Fsp3) is 0.357. The molecule has 0 spiro atoms. The van der Waals surface area contributed by atoms with Gasteiger partial charge in [-0.05, 0) is 12.0 Å². The molecule has 1 aromatic carbocycles. The monoisotopic (exact) mass is 293 g/mol. The third kappa shape index (κ3) is 4.18. The van der Waals surface area contributed by atoms with Crippen molar-refractivity contribution in [1.29, 1.82) is 0 Å². The van der Waals surface area contributed by atoms with E-state index in [4.69, 9.17) is 5.73 Å². The molecule has 2 rings (SSSR count). The molecule has 0 amide bonds. The highest BCUT2D eigenvalue weighted by Gasteiger charge is 2.13. The Labute approximate surface area is 119 Å². The molecule has 2 aromatic rings.